The third kappa shape index (κ3) is 4.01. The lowest BCUT2D eigenvalue weighted by atomic mass is 10.2. The van der Waals surface area contributed by atoms with Gasteiger partial charge in [-0.2, -0.15) is 0 Å². The van der Waals surface area contributed by atoms with E-state index in [9.17, 15) is 4.79 Å². The molecule has 0 bridgehead atoms. The lowest BCUT2D eigenvalue weighted by Gasteiger charge is -2.29. The lowest BCUT2D eigenvalue weighted by Crippen LogP contribution is -2.46. The van der Waals surface area contributed by atoms with Crippen LogP contribution in [0.1, 0.15) is 23.2 Å². The molecule has 2 heterocycles. The average molecular weight is 329 g/mol. The minimum Gasteiger partial charge on any atom is -0.441 e. The number of rotatable bonds is 5. The number of hydrogen-bond acceptors (Lipinski definition) is 5. The van der Waals surface area contributed by atoms with Gasteiger partial charge in [0.2, 0.25) is 5.89 Å². The molecule has 1 aromatic heterocycles. The molecule has 6 nitrogen and oxygen atoms in total. The lowest BCUT2D eigenvalue weighted by molar-refractivity contribution is 0.0342. The van der Waals surface area contributed by atoms with Crippen LogP contribution in [0.5, 0.6) is 0 Å². The average Bonchev–Trinajstić information content (AvgIpc) is 2.98. The van der Waals surface area contributed by atoms with Crippen LogP contribution in [0.3, 0.4) is 0 Å². The highest BCUT2D eigenvalue weighted by molar-refractivity contribution is 5.93. The summed E-state index contributed by atoms with van der Waals surface area (Å²) in [5.74, 6) is 0.809. The summed E-state index contributed by atoms with van der Waals surface area (Å²) in [5, 5.41) is 3.01. The predicted molar refractivity (Wildman–Crippen MR) is 90.9 cm³/mol. The van der Waals surface area contributed by atoms with Crippen molar-refractivity contribution < 1.29 is 13.9 Å². The van der Waals surface area contributed by atoms with E-state index in [4.69, 9.17) is 9.15 Å². The van der Waals surface area contributed by atoms with Gasteiger partial charge in [-0.15, -0.1) is 0 Å². The Kier molecular flexibility index (Phi) is 5.27. The Labute approximate surface area is 141 Å². The van der Waals surface area contributed by atoms with Gasteiger partial charge in [-0.1, -0.05) is 18.2 Å². The molecule has 3 rings (SSSR count). The van der Waals surface area contributed by atoms with Crippen LogP contribution in [0, 0.1) is 6.92 Å². The maximum absolute atomic E-state index is 12.5. The molecule has 1 fully saturated rings. The predicted octanol–water partition coefficient (Wildman–Crippen LogP) is 2.10. The number of oxazole rings is 1. The molecule has 0 spiro atoms. The Bertz CT molecular complexity index is 678. The first-order chi connectivity index (χ1) is 11.6. The minimum atomic E-state index is -0.195. The van der Waals surface area contributed by atoms with Crippen LogP contribution in [0.2, 0.25) is 0 Å². The number of nitrogens with zero attached hydrogens (tertiary/aromatic N) is 2. The van der Waals surface area contributed by atoms with Gasteiger partial charge in [-0.05, 0) is 26.0 Å². The minimum absolute atomic E-state index is 0.0341. The number of amides is 1. The zero-order chi connectivity index (χ0) is 16.9. The fraction of sp³-hybridized carbons (Fsp3) is 0.444. The number of carbonyl (C=O) groups is 1. The molecular formula is C18H23N3O3. The standard InChI is InChI=1S/C18H23N3O3/c1-13(12-21-8-10-23-11-9-21)19-17(22)16-14(2)24-18(20-16)15-6-4-3-5-7-15/h3-7,13H,8-12H2,1-2H3,(H,19,22)/t13-/m0/s1. The number of aryl methyl sites for hydroxylation is 1. The highest BCUT2D eigenvalue weighted by Crippen LogP contribution is 2.21. The monoisotopic (exact) mass is 329 g/mol. The number of morpholine rings is 1. The van der Waals surface area contributed by atoms with Gasteiger partial charge in [0.25, 0.3) is 5.91 Å². The Morgan fingerprint density at radius 3 is 2.71 bits per heavy atom. The van der Waals surface area contributed by atoms with Crippen molar-refractivity contribution in [2.24, 2.45) is 0 Å². The third-order valence-electron chi connectivity index (χ3n) is 4.05. The first-order valence-electron chi connectivity index (χ1n) is 8.27. The normalized spacial score (nSPS) is 16.8. The SMILES string of the molecule is Cc1oc(-c2ccccc2)nc1C(=O)N[C@@H](C)CN1CCOCC1. The first kappa shape index (κ1) is 16.7. The second kappa shape index (κ2) is 7.59. The molecule has 24 heavy (non-hydrogen) atoms. The van der Waals surface area contributed by atoms with E-state index < -0.39 is 0 Å². The fourth-order valence-corrected chi connectivity index (χ4v) is 2.82. The molecular weight excluding hydrogens is 306 g/mol. The molecule has 1 N–H and O–H groups in total. The van der Waals surface area contributed by atoms with Gasteiger partial charge in [-0.3, -0.25) is 9.69 Å². The molecule has 1 aromatic carbocycles. The number of benzene rings is 1. The summed E-state index contributed by atoms with van der Waals surface area (Å²) in [4.78, 5) is 19.1. The highest BCUT2D eigenvalue weighted by atomic mass is 16.5. The van der Waals surface area contributed by atoms with Gasteiger partial charge in [0.1, 0.15) is 5.76 Å². The fourth-order valence-electron chi connectivity index (χ4n) is 2.82. The number of aromatic nitrogens is 1. The summed E-state index contributed by atoms with van der Waals surface area (Å²) < 4.78 is 11.0. The van der Waals surface area contributed by atoms with E-state index in [-0.39, 0.29) is 11.9 Å². The van der Waals surface area contributed by atoms with Crippen molar-refractivity contribution in [1.29, 1.82) is 0 Å². The Balaban J connectivity index is 1.63. The van der Waals surface area contributed by atoms with Gasteiger partial charge in [0, 0.05) is 31.2 Å². The third-order valence-corrected chi connectivity index (χ3v) is 4.05. The van der Waals surface area contributed by atoms with E-state index in [1.54, 1.807) is 6.92 Å². The Morgan fingerprint density at radius 1 is 1.29 bits per heavy atom. The molecule has 1 saturated heterocycles. The van der Waals surface area contributed by atoms with E-state index in [1.807, 2.05) is 37.3 Å². The number of ether oxygens (including phenoxy) is 1. The summed E-state index contributed by atoms with van der Waals surface area (Å²) in [6.07, 6.45) is 0. The maximum atomic E-state index is 12.5. The number of nitrogens with one attached hydrogen (secondary N) is 1. The largest absolute Gasteiger partial charge is 0.441 e. The van der Waals surface area contributed by atoms with Crippen LogP contribution in [-0.4, -0.2) is 54.7 Å². The molecule has 1 aliphatic rings. The van der Waals surface area contributed by atoms with Crippen molar-refractivity contribution >= 4 is 5.91 Å². The van der Waals surface area contributed by atoms with Gasteiger partial charge < -0.3 is 14.5 Å². The van der Waals surface area contributed by atoms with Gasteiger partial charge in [0.15, 0.2) is 5.69 Å². The van der Waals surface area contributed by atoms with Crippen LogP contribution in [0.25, 0.3) is 11.5 Å². The van der Waals surface area contributed by atoms with Gasteiger partial charge in [-0.25, -0.2) is 4.98 Å². The summed E-state index contributed by atoms with van der Waals surface area (Å²) in [6, 6.07) is 9.62. The van der Waals surface area contributed by atoms with Crippen LogP contribution in [0.4, 0.5) is 0 Å². The van der Waals surface area contributed by atoms with E-state index in [1.165, 1.54) is 0 Å². The zero-order valence-corrected chi connectivity index (χ0v) is 14.1. The Hall–Kier alpha value is -2.18. The van der Waals surface area contributed by atoms with Crippen LogP contribution in [-0.2, 0) is 4.74 Å². The Morgan fingerprint density at radius 2 is 2.00 bits per heavy atom. The van der Waals surface area contributed by atoms with Crippen molar-refractivity contribution in [3.8, 4) is 11.5 Å². The summed E-state index contributed by atoms with van der Waals surface area (Å²) in [5.41, 5.74) is 1.21. The van der Waals surface area contributed by atoms with E-state index in [0.29, 0.717) is 17.3 Å². The summed E-state index contributed by atoms with van der Waals surface area (Å²) >= 11 is 0. The van der Waals surface area contributed by atoms with E-state index in [2.05, 4.69) is 15.2 Å². The van der Waals surface area contributed by atoms with E-state index in [0.717, 1.165) is 38.4 Å². The van der Waals surface area contributed by atoms with Crippen LogP contribution >= 0.6 is 0 Å². The molecule has 1 amide bonds. The van der Waals surface area contributed by atoms with Crippen molar-refractivity contribution in [2.45, 2.75) is 19.9 Å². The van der Waals surface area contributed by atoms with Gasteiger partial charge >= 0.3 is 0 Å². The van der Waals surface area contributed by atoms with Gasteiger partial charge in [0.05, 0.1) is 13.2 Å². The van der Waals surface area contributed by atoms with Crippen molar-refractivity contribution in [3.05, 3.63) is 41.8 Å². The second-order valence-electron chi connectivity index (χ2n) is 6.08. The summed E-state index contributed by atoms with van der Waals surface area (Å²) in [6.45, 7) is 7.88. The van der Waals surface area contributed by atoms with Crippen LogP contribution in [0.15, 0.2) is 34.7 Å². The van der Waals surface area contributed by atoms with Crippen molar-refractivity contribution in [1.82, 2.24) is 15.2 Å². The molecule has 6 heteroatoms. The van der Waals surface area contributed by atoms with E-state index >= 15 is 0 Å². The smallest absolute Gasteiger partial charge is 0.273 e. The molecule has 0 unspecified atom stereocenters. The second-order valence-corrected chi connectivity index (χ2v) is 6.08. The summed E-state index contributed by atoms with van der Waals surface area (Å²) in [7, 11) is 0. The zero-order valence-electron chi connectivity index (χ0n) is 14.1. The first-order valence-corrected chi connectivity index (χ1v) is 8.27. The number of carbonyl (C=O) groups excluding carboxylic acids is 1. The number of hydrogen-bond donors (Lipinski definition) is 1. The quantitative estimate of drug-likeness (QED) is 0.910. The molecule has 0 saturated carbocycles. The molecule has 0 aliphatic carbocycles. The van der Waals surface area contributed by atoms with Crippen molar-refractivity contribution in [3.63, 3.8) is 0 Å². The molecule has 1 aliphatic heterocycles. The maximum Gasteiger partial charge on any atom is 0.273 e. The highest BCUT2D eigenvalue weighted by Gasteiger charge is 2.21. The van der Waals surface area contributed by atoms with Crippen molar-refractivity contribution in [2.75, 3.05) is 32.8 Å². The molecule has 0 radical (unpaired) electrons. The molecule has 1 atom stereocenters. The van der Waals surface area contributed by atoms with Crippen LogP contribution < -0.4 is 5.32 Å². The topological polar surface area (TPSA) is 67.6 Å². The molecule has 128 valence electrons. The molecule has 2 aromatic rings.